The van der Waals surface area contributed by atoms with Crippen molar-refractivity contribution in [2.45, 2.75) is 44.6 Å². The molecule has 0 aromatic heterocycles. The summed E-state index contributed by atoms with van der Waals surface area (Å²) in [5, 5.41) is 9.87. The summed E-state index contributed by atoms with van der Waals surface area (Å²) in [7, 11) is 3.98. The molecule has 1 unspecified atom stereocenters. The summed E-state index contributed by atoms with van der Waals surface area (Å²) in [4.78, 5) is 2.01. The maximum Gasteiger partial charge on any atom is 0.0899 e. The zero-order valence-electron chi connectivity index (χ0n) is 12.9. The number of likely N-dealkylation sites (N-methyl/N-ethyl adjacent to an activating group) is 1. The molecule has 0 aromatic rings. The van der Waals surface area contributed by atoms with Crippen molar-refractivity contribution in [2.24, 2.45) is 23.2 Å². The first-order chi connectivity index (χ1) is 9.05. The van der Waals surface area contributed by atoms with Crippen LogP contribution in [0.4, 0.5) is 0 Å². The van der Waals surface area contributed by atoms with Gasteiger partial charge in [0.25, 0.3) is 0 Å². The van der Waals surface area contributed by atoms with E-state index in [1.54, 1.807) is 0 Å². The molecule has 0 saturated heterocycles. The van der Waals surface area contributed by atoms with E-state index in [1.165, 1.54) is 38.5 Å². The second kappa shape index (κ2) is 6.51. The van der Waals surface area contributed by atoms with E-state index in [0.717, 1.165) is 24.4 Å². The first kappa shape index (κ1) is 16.5. The van der Waals surface area contributed by atoms with E-state index in [9.17, 15) is 5.11 Å². The molecule has 20 heavy (non-hydrogen) atoms. The van der Waals surface area contributed by atoms with Crippen molar-refractivity contribution in [3.05, 3.63) is 0 Å². The van der Waals surface area contributed by atoms with Crippen molar-refractivity contribution < 1.29 is 9.84 Å². The Morgan fingerprint density at radius 2 is 1.60 bits per heavy atom. The summed E-state index contributed by atoms with van der Waals surface area (Å²) in [6.07, 6.45) is 8.30. The lowest BCUT2D eigenvalue weighted by atomic mass is 9.50. The van der Waals surface area contributed by atoms with Crippen molar-refractivity contribution in [3.63, 3.8) is 0 Å². The van der Waals surface area contributed by atoms with Gasteiger partial charge in [-0.15, -0.1) is 12.4 Å². The molecule has 1 atom stereocenters. The molecule has 4 fully saturated rings. The predicted octanol–water partition coefficient (Wildman–Crippen LogP) is 2.56. The number of aliphatic hydroxyl groups is 1. The van der Waals surface area contributed by atoms with E-state index >= 15 is 0 Å². The van der Waals surface area contributed by atoms with Crippen molar-refractivity contribution in [1.29, 1.82) is 0 Å². The predicted molar refractivity (Wildman–Crippen MR) is 83.2 cm³/mol. The molecule has 118 valence electrons. The normalized spacial score (nSPS) is 39.9. The second-order valence-corrected chi connectivity index (χ2v) is 7.85. The van der Waals surface area contributed by atoms with Gasteiger partial charge in [-0.25, -0.2) is 0 Å². The molecule has 4 saturated carbocycles. The van der Waals surface area contributed by atoms with E-state index in [-0.39, 0.29) is 18.5 Å². The minimum absolute atomic E-state index is 0. The van der Waals surface area contributed by atoms with Crippen LogP contribution in [0.2, 0.25) is 0 Å². The van der Waals surface area contributed by atoms with Gasteiger partial charge in [0.05, 0.1) is 19.3 Å². The van der Waals surface area contributed by atoms with E-state index in [1.807, 2.05) is 19.0 Å². The first-order valence-corrected chi connectivity index (χ1v) is 7.95. The number of hydrogen-bond donors (Lipinski definition) is 1. The molecule has 0 amide bonds. The van der Waals surface area contributed by atoms with Gasteiger partial charge in [-0.1, -0.05) is 0 Å². The highest BCUT2D eigenvalue weighted by atomic mass is 35.5. The monoisotopic (exact) mass is 303 g/mol. The number of nitrogens with zero attached hydrogens (tertiary/aromatic N) is 1. The summed E-state index contributed by atoms with van der Waals surface area (Å²) >= 11 is 0. The van der Waals surface area contributed by atoms with Crippen LogP contribution in [0.25, 0.3) is 0 Å². The number of aliphatic hydroxyl groups excluding tert-OH is 1. The lowest BCUT2D eigenvalue weighted by Crippen LogP contribution is -2.48. The summed E-state index contributed by atoms with van der Waals surface area (Å²) < 4.78 is 5.90. The molecule has 4 rings (SSSR count). The van der Waals surface area contributed by atoms with Crippen molar-refractivity contribution >= 4 is 12.4 Å². The Labute approximate surface area is 129 Å². The van der Waals surface area contributed by atoms with Gasteiger partial charge in [-0.3, -0.25) is 0 Å². The Kier molecular flexibility index (Phi) is 5.39. The minimum atomic E-state index is -0.344. The lowest BCUT2D eigenvalue weighted by Gasteiger charge is -2.56. The highest BCUT2D eigenvalue weighted by molar-refractivity contribution is 5.85. The molecular formula is C16H30ClNO2. The van der Waals surface area contributed by atoms with Gasteiger partial charge in [0.15, 0.2) is 0 Å². The molecule has 4 aliphatic rings. The fourth-order valence-corrected chi connectivity index (χ4v) is 5.35. The summed E-state index contributed by atoms with van der Waals surface area (Å²) in [5.41, 5.74) is 0.479. The Morgan fingerprint density at radius 1 is 1.10 bits per heavy atom. The van der Waals surface area contributed by atoms with Crippen LogP contribution in [0.5, 0.6) is 0 Å². The number of ether oxygens (including phenoxy) is 1. The molecule has 0 spiro atoms. The van der Waals surface area contributed by atoms with E-state index in [2.05, 4.69) is 0 Å². The van der Waals surface area contributed by atoms with Crippen molar-refractivity contribution in [2.75, 3.05) is 33.9 Å². The average Bonchev–Trinajstić information content (AvgIpc) is 2.25. The molecule has 0 aromatic carbocycles. The van der Waals surface area contributed by atoms with Crippen LogP contribution in [-0.4, -0.2) is 50.0 Å². The van der Waals surface area contributed by atoms with Gasteiger partial charge in [-0.05, 0) is 75.8 Å². The Bertz CT molecular complexity index is 286. The van der Waals surface area contributed by atoms with E-state index < -0.39 is 0 Å². The van der Waals surface area contributed by atoms with Crippen LogP contribution in [0.3, 0.4) is 0 Å². The molecule has 4 heteroatoms. The summed E-state index contributed by atoms with van der Waals surface area (Å²) in [6, 6.07) is 0. The largest absolute Gasteiger partial charge is 0.389 e. The van der Waals surface area contributed by atoms with E-state index in [0.29, 0.717) is 18.6 Å². The fraction of sp³-hybridized carbons (Fsp3) is 1.00. The third-order valence-electron chi connectivity index (χ3n) is 5.46. The zero-order valence-corrected chi connectivity index (χ0v) is 13.7. The number of hydrogen-bond acceptors (Lipinski definition) is 3. The molecule has 4 aliphatic carbocycles. The fourth-order valence-electron chi connectivity index (χ4n) is 5.35. The zero-order chi connectivity index (χ0) is 13.5. The van der Waals surface area contributed by atoms with E-state index in [4.69, 9.17) is 4.74 Å². The molecule has 1 N–H and O–H groups in total. The second-order valence-electron chi connectivity index (χ2n) is 7.85. The lowest BCUT2D eigenvalue weighted by molar-refractivity contribution is -0.106. The third-order valence-corrected chi connectivity index (χ3v) is 5.46. The smallest absolute Gasteiger partial charge is 0.0899 e. The molecule has 0 heterocycles. The van der Waals surface area contributed by atoms with Crippen LogP contribution < -0.4 is 0 Å². The quantitative estimate of drug-likeness (QED) is 0.818. The van der Waals surface area contributed by atoms with Crippen LogP contribution in [0.1, 0.15) is 38.5 Å². The highest BCUT2D eigenvalue weighted by Crippen LogP contribution is 2.59. The summed E-state index contributed by atoms with van der Waals surface area (Å²) in [6.45, 7) is 2.09. The van der Waals surface area contributed by atoms with Crippen molar-refractivity contribution in [3.8, 4) is 0 Å². The molecule has 0 radical (unpaired) electrons. The maximum absolute atomic E-state index is 9.87. The number of rotatable bonds is 6. The van der Waals surface area contributed by atoms with Crippen LogP contribution in [0, 0.1) is 23.2 Å². The van der Waals surface area contributed by atoms with Gasteiger partial charge >= 0.3 is 0 Å². The van der Waals surface area contributed by atoms with Gasteiger partial charge in [0.1, 0.15) is 0 Å². The van der Waals surface area contributed by atoms with Gasteiger partial charge < -0.3 is 14.7 Å². The minimum Gasteiger partial charge on any atom is -0.389 e. The molecule has 4 bridgehead atoms. The molecular weight excluding hydrogens is 274 g/mol. The van der Waals surface area contributed by atoms with Crippen LogP contribution in [0.15, 0.2) is 0 Å². The Morgan fingerprint density at radius 3 is 2.05 bits per heavy atom. The standard InChI is InChI=1S/C16H29NO2.ClH/c1-17(2)9-15(18)10-19-11-16-6-12-3-13(7-16)5-14(4-12)8-16;/h12-15,18H,3-11H2,1-2H3;1H. The maximum atomic E-state index is 9.87. The van der Waals surface area contributed by atoms with Crippen molar-refractivity contribution in [1.82, 2.24) is 4.90 Å². The number of halogens is 1. The van der Waals surface area contributed by atoms with Gasteiger partial charge in [0.2, 0.25) is 0 Å². The highest BCUT2D eigenvalue weighted by Gasteiger charge is 2.50. The topological polar surface area (TPSA) is 32.7 Å². The van der Waals surface area contributed by atoms with Crippen LogP contribution >= 0.6 is 12.4 Å². The average molecular weight is 304 g/mol. The van der Waals surface area contributed by atoms with Gasteiger partial charge in [-0.2, -0.15) is 0 Å². The molecule has 3 nitrogen and oxygen atoms in total. The summed E-state index contributed by atoms with van der Waals surface area (Å²) in [5.74, 6) is 2.96. The third kappa shape index (κ3) is 3.68. The SMILES string of the molecule is CN(C)CC(O)COCC12CC3CC(CC(C3)C1)C2.Cl. The van der Waals surface area contributed by atoms with Gasteiger partial charge in [0, 0.05) is 6.54 Å². The molecule has 0 aliphatic heterocycles. The Hall–Kier alpha value is 0.170. The Balaban J connectivity index is 0.00000147. The first-order valence-electron chi connectivity index (χ1n) is 7.95. The van der Waals surface area contributed by atoms with Crippen LogP contribution in [-0.2, 0) is 4.74 Å².